The van der Waals surface area contributed by atoms with Gasteiger partial charge in [-0.25, -0.2) is 0 Å². The van der Waals surface area contributed by atoms with E-state index < -0.39 is 0 Å². The van der Waals surface area contributed by atoms with Gasteiger partial charge in [0, 0.05) is 23.7 Å². The van der Waals surface area contributed by atoms with Crippen LogP contribution in [0.15, 0.2) is 54.6 Å². The summed E-state index contributed by atoms with van der Waals surface area (Å²) in [6.45, 7) is 5.00. The van der Waals surface area contributed by atoms with Gasteiger partial charge in [-0.2, -0.15) is 0 Å². The van der Waals surface area contributed by atoms with Crippen LogP contribution in [0.25, 0.3) is 0 Å². The molecule has 1 heterocycles. The Hall–Kier alpha value is -2.82. The number of nitrogens with one attached hydrogen (secondary N) is 1. The number of hydrogen-bond donors (Lipinski definition) is 1. The van der Waals surface area contributed by atoms with Crippen molar-refractivity contribution in [2.24, 2.45) is 11.8 Å². The third kappa shape index (κ3) is 3.42. The van der Waals surface area contributed by atoms with E-state index in [1.54, 1.807) is 12.1 Å². The van der Waals surface area contributed by atoms with E-state index in [1.807, 2.05) is 18.2 Å². The minimum absolute atomic E-state index is 0.128. The number of nitro benzene ring substituents is 1. The maximum atomic E-state index is 10.9. The zero-order valence-electron chi connectivity index (χ0n) is 15.6. The van der Waals surface area contributed by atoms with Crippen LogP contribution in [0.1, 0.15) is 43.4 Å². The largest absolute Gasteiger partial charge is 0.493 e. The molecule has 0 saturated heterocycles. The monoisotopic (exact) mass is 364 g/mol. The normalized spacial score (nSPS) is 22.9. The highest BCUT2D eigenvalue weighted by molar-refractivity contribution is 5.62. The first-order chi connectivity index (χ1) is 13.0. The molecule has 2 aromatic carbocycles. The topological polar surface area (TPSA) is 64.4 Å². The molecule has 0 radical (unpaired) electrons. The highest BCUT2D eigenvalue weighted by Crippen LogP contribution is 2.50. The van der Waals surface area contributed by atoms with Crippen LogP contribution in [0.3, 0.4) is 0 Å². The fraction of sp³-hybridized carbons (Fsp3) is 0.364. The Morgan fingerprint density at radius 1 is 1.22 bits per heavy atom. The molecule has 0 spiro atoms. The summed E-state index contributed by atoms with van der Waals surface area (Å²) in [6, 6.07) is 13.3. The molecule has 0 amide bonds. The molecule has 0 aromatic heterocycles. The number of nitro groups is 1. The van der Waals surface area contributed by atoms with Crippen molar-refractivity contribution in [3.8, 4) is 5.75 Å². The van der Waals surface area contributed by atoms with Crippen molar-refractivity contribution >= 4 is 11.4 Å². The number of non-ortho nitro benzene ring substituents is 1. The molecule has 4 rings (SSSR count). The molecule has 1 N–H and O–H groups in total. The summed E-state index contributed by atoms with van der Waals surface area (Å²) >= 11 is 0. The highest BCUT2D eigenvalue weighted by atomic mass is 16.6. The third-order valence-electron chi connectivity index (χ3n) is 5.38. The van der Waals surface area contributed by atoms with Gasteiger partial charge in [-0.15, -0.1) is 0 Å². The molecule has 3 atom stereocenters. The lowest BCUT2D eigenvalue weighted by molar-refractivity contribution is -0.384. The number of benzene rings is 2. The lowest BCUT2D eigenvalue weighted by Crippen LogP contribution is -2.29. The van der Waals surface area contributed by atoms with Crippen molar-refractivity contribution < 1.29 is 9.66 Å². The number of hydrogen-bond acceptors (Lipinski definition) is 4. The van der Waals surface area contributed by atoms with Crippen molar-refractivity contribution in [2.45, 2.75) is 32.2 Å². The number of rotatable bonds is 5. The fourth-order valence-corrected chi connectivity index (χ4v) is 4.06. The highest BCUT2D eigenvalue weighted by Gasteiger charge is 2.38. The number of fused-ring (bicyclic) bond motifs is 3. The minimum atomic E-state index is -0.355. The van der Waals surface area contributed by atoms with Crippen molar-refractivity contribution in [1.29, 1.82) is 0 Å². The van der Waals surface area contributed by atoms with Crippen LogP contribution >= 0.6 is 0 Å². The molecular formula is C22H24N2O3. The quantitative estimate of drug-likeness (QED) is 0.435. The first-order valence-corrected chi connectivity index (χ1v) is 9.47. The lowest BCUT2D eigenvalue weighted by atomic mass is 9.77. The van der Waals surface area contributed by atoms with Gasteiger partial charge >= 0.3 is 0 Å². The summed E-state index contributed by atoms with van der Waals surface area (Å²) in [4.78, 5) is 10.6. The van der Waals surface area contributed by atoms with Crippen molar-refractivity contribution in [1.82, 2.24) is 0 Å². The van der Waals surface area contributed by atoms with E-state index in [0.717, 1.165) is 23.4 Å². The van der Waals surface area contributed by atoms with Gasteiger partial charge in [0.25, 0.3) is 5.69 Å². The zero-order chi connectivity index (χ0) is 19.0. The average Bonchev–Trinajstić information content (AvgIpc) is 3.16. The van der Waals surface area contributed by atoms with Gasteiger partial charge < -0.3 is 10.1 Å². The predicted octanol–water partition coefficient (Wildman–Crippen LogP) is 5.46. The molecule has 140 valence electrons. The molecule has 1 aliphatic heterocycles. The molecule has 5 heteroatoms. The van der Waals surface area contributed by atoms with E-state index in [4.69, 9.17) is 4.74 Å². The Balaban J connectivity index is 1.63. The van der Waals surface area contributed by atoms with Crippen LogP contribution in [0.5, 0.6) is 5.75 Å². The van der Waals surface area contributed by atoms with Crippen LogP contribution < -0.4 is 10.1 Å². The Morgan fingerprint density at radius 3 is 2.70 bits per heavy atom. The van der Waals surface area contributed by atoms with Crippen molar-refractivity contribution in [3.05, 3.63) is 75.9 Å². The average molecular weight is 364 g/mol. The lowest BCUT2D eigenvalue weighted by Gasteiger charge is -2.37. The summed E-state index contributed by atoms with van der Waals surface area (Å²) in [5.74, 6) is 2.14. The first-order valence-electron chi connectivity index (χ1n) is 9.47. The van der Waals surface area contributed by atoms with Crippen LogP contribution in [-0.4, -0.2) is 11.5 Å². The molecule has 5 nitrogen and oxygen atoms in total. The summed E-state index contributed by atoms with van der Waals surface area (Å²) < 4.78 is 5.91. The van der Waals surface area contributed by atoms with Gasteiger partial charge in [-0.1, -0.05) is 38.1 Å². The van der Waals surface area contributed by atoms with Crippen LogP contribution in [0, 0.1) is 22.0 Å². The SMILES string of the molecule is CC(C)COc1ccc2c(c1)C1C=CCC1C(c1ccc([N+](=O)[O-])cc1)N2. The Kier molecular flexibility index (Phi) is 4.60. The van der Waals surface area contributed by atoms with Gasteiger partial charge in [-0.3, -0.25) is 10.1 Å². The predicted molar refractivity (Wildman–Crippen MR) is 106 cm³/mol. The van der Waals surface area contributed by atoms with Crippen LogP contribution in [0.2, 0.25) is 0 Å². The van der Waals surface area contributed by atoms with Gasteiger partial charge in [0.1, 0.15) is 5.75 Å². The van der Waals surface area contributed by atoms with Crippen LogP contribution in [-0.2, 0) is 0 Å². The Morgan fingerprint density at radius 2 is 2.00 bits per heavy atom. The summed E-state index contributed by atoms with van der Waals surface area (Å²) in [6.07, 6.45) is 5.52. The van der Waals surface area contributed by atoms with E-state index in [-0.39, 0.29) is 16.7 Å². The fourth-order valence-electron chi connectivity index (χ4n) is 4.06. The van der Waals surface area contributed by atoms with Gasteiger partial charge in [-0.05, 0) is 47.6 Å². The van der Waals surface area contributed by atoms with E-state index in [1.165, 1.54) is 5.56 Å². The summed E-state index contributed by atoms with van der Waals surface area (Å²) in [7, 11) is 0. The molecule has 0 fully saturated rings. The van der Waals surface area contributed by atoms with Gasteiger partial charge in [0.15, 0.2) is 0 Å². The Bertz CT molecular complexity index is 874. The van der Waals surface area contributed by atoms with Gasteiger partial charge in [0.2, 0.25) is 0 Å². The maximum Gasteiger partial charge on any atom is 0.269 e. The number of anilines is 1. The molecule has 3 unspecified atom stereocenters. The number of ether oxygens (including phenoxy) is 1. The van der Waals surface area contributed by atoms with Gasteiger partial charge in [0.05, 0.1) is 17.6 Å². The van der Waals surface area contributed by atoms with Crippen molar-refractivity contribution in [3.63, 3.8) is 0 Å². The van der Waals surface area contributed by atoms with E-state index in [9.17, 15) is 10.1 Å². The Labute approximate surface area is 159 Å². The minimum Gasteiger partial charge on any atom is -0.493 e. The smallest absolute Gasteiger partial charge is 0.269 e. The molecular weight excluding hydrogens is 340 g/mol. The second-order valence-corrected chi connectivity index (χ2v) is 7.78. The number of nitrogens with zero attached hydrogens (tertiary/aromatic N) is 1. The summed E-state index contributed by atoms with van der Waals surface area (Å²) in [5.41, 5.74) is 3.60. The maximum absolute atomic E-state index is 10.9. The van der Waals surface area contributed by atoms with E-state index in [0.29, 0.717) is 24.4 Å². The molecule has 0 bridgehead atoms. The molecule has 2 aliphatic rings. The second kappa shape index (κ2) is 7.06. The zero-order valence-corrected chi connectivity index (χ0v) is 15.6. The van der Waals surface area contributed by atoms with E-state index in [2.05, 4.69) is 43.4 Å². The molecule has 1 aliphatic carbocycles. The number of allylic oxidation sites excluding steroid dienone is 2. The van der Waals surface area contributed by atoms with E-state index >= 15 is 0 Å². The molecule has 2 aromatic rings. The summed E-state index contributed by atoms with van der Waals surface area (Å²) in [5, 5.41) is 14.6. The van der Waals surface area contributed by atoms with Crippen LogP contribution in [0.4, 0.5) is 11.4 Å². The molecule has 27 heavy (non-hydrogen) atoms. The first kappa shape index (κ1) is 17.6. The van der Waals surface area contributed by atoms with Crippen molar-refractivity contribution in [2.75, 3.05) is 11.9 Å². The third-order valence-corrected chi connectivity index (χ3v) is 5.38. The standard InChI is InChI=1S/C22H24N2O3/c1-14(2)13-27-17-10-11-21-20(12-17)18-4-3-5-19(18)22(23-21)15-6-8-16(9-7-15)24(25)26/h3-4,6-12,14,18-19,22-23H,5,13H2,1-2H3. The second-order valence-electron chi connectivity index (χ2n) is 7.78. The molecule has 0 saturated carbocycles.